The predicted octanol–water partition coefficient (Wildman–Crippen LogP) is 2.26. The number of carbonyl (C=O) groups is 1. The summed E-state index contributed by atoms with van der Waals surface area (Å²) in [6.07, 6.45) is 8.60. The van der Waals surface area contributed by atoms with Crippen molar-refractivity contribution in [2.24, 2.45) is 5.92 Å². The third kappa shape index (κ3) is 2.26. The Balaban J connectivity index is 2.09. The van der Waals surface area contributed by atoms with Gasteiger partial charge in [-0.05, 0) is 12.8 Å². The minimum Gasteiger partial charge on any atom is -0.481 e. The van der Waals surface area contributed by atoms with Crippen LogP contribution in [0.3, 0.4) is 0 Å². The molecule has 0 radical (unpaired) electrons. The summed E-state index contributed by atoms with van der Waals surface area (Å²) in [7, 11) is 0. The van der Waals surface area contributed by atoms with E-state index in [1.807, 2.05) is 10.8 Å². The highest BCUT2D eigenvalue weighted by atomic mass is 16.4. The summed E-state index contributed by atoms with van der Waals surface area (Å²) in [6.45, 7) is 2.27. The number of carboxylic acid groups (broad SMARTS) is 1. The lowest BCUT2D eigenvalue weighted by Crippen LogP contribution is -2.18. The second-order valence-corrected chi connectivity index (χ2v) is 4.66. The Morgan fingerprint density at radius 2 is 2.31 bits per heavy atom. The van der Waals surface area contributed by atoms with E-state index >= 15 is 0 Å². The lowest BCUT2D eigenvalue weighted by Gasteiger charge is -2.14. The van der Waals surface area contributed by atoms with Gasteiger partial charge in [0.05, 0.1) is 5.92 Å². The second-order valence-electron chi connectivity index (χ2n) is 4.66. The topological polar surface area (TPSA) is 55.1 Å². The van der Waals surface area contributed by atoms with Crippen molar-refractivity contribution in [3.63, 3.8) is 0 Å². The summed E-state index contributed by atoms with van der Waals surface area (Å²) in [6, 6.07) is 0. The van der Waals surface area contributed by atoms with Gasteiger partial charge in [-0.2, -0.15) is 0 Å². The molecule has 0 aliphatic heterocycles. The third-order valence-electron chi connectivity index (χ3n) is 3.36. The van der Waals surface area contributed by atoms with E-state index in [9.17, 15) is 4.79 Å². The molecule has 0 spiro atoms. The highest BCUT2D eigenvalue weighted by molar-refractivity contribution is 5.69. The lowest BCUT2D eigenvalue weighted by molar-refractivity contribution is -0.141. The summed E-state index contributed by atoms with van der Waals surface area (Å²) in [5, 5.41) is 8.90. The molecule has 4 heteroatoms. The standard InChI is InChI=1S/C12H18N2O2/c1-9(12(15)16)8-14-7-6-13-11(14)10-4-2-3-5-10/h6-7,9-10H,2-5,8H2,1H3,(H,15,16). The maximum Gasteiger partial charge on any atom is 0.308 e. The molecule has 0 bridgehead atoms. The number of imidazole rings is 1. The molecular formula is C12H18N2O2. The molecule has 0 amide bonds. The number of rotatable bonds is 4. The van der Waals surface area contributed by atoms with Crippen LogP contribution in [0.25, 0.3) is 0 Å². The van der Waals surface area contributed by atoms with Gasteiger partial charge in [-0.25, -0.2) is 4.98 Å². The van der Waals surface area contributed by atoms with E-state index in [0.717, 1.165) is 5.82 Å². The van der Waals surface area contributed by atoms with Crippen molar-refractivity contribution in [2.75, 3.05) is 0 Å². The van der Waals surface area contributed by atoms with Gasteiger partial charge < -0.3 is 9.67 Å². The first-order chi connectivity index (χ1) is 7.68. The molecule has 1 N–H and O–H groups in total. The maximum absolute atomic E-state index is 10.8. The van der Waals surface area contributed by atoms with Crippen molar-refractivity contribution >= 4 is 5.97 Å². The van der Waals surface area contributed by atoms with Crippen LogP contribution < -0.4 is 0 Å². The van der Waals surface area contributed by atoms with Gasteiger partial charge in [0.2, 0.25) is 0 Å². The molecule has 4 nitrogen and oxygen atoms in total. The average molecular weight is 222 g/mol. The van der Waals surface area contributed by atoms with E-state index in [1.165, 1.54) is 25.7 Å². The largest absolute Gasteiger partial charge is 0.481 e. The minimum absolute atomic E-state index is 0.352. The van der Waals surface area contributed by atoms with Crippen LogP contribution in [-0.2, 0) is 11.3 Å². The molecule has 2 rings (SSSR count). The highest BCUT2D eigenvalue weighted by Gasteiger charge is 2.22. The van der Waals surface area contributed by atoms with Crippen molar-refractivity contribution in [2.45, 2.75) is 45.1 Å². The molecule has 1 aromatic rings. The van der Waals surface area contributed by atoms with Crippen molar-refractivity contribution < 1.29 is 9.90 Å². The van der Waals surface area contributed by atoms with Crippen molar-refractivity contribution in [1.29, 1.82) is 0 Å². The minimum atomic E-state index is -0.744. The highest BCUT2D eigenvalue weighted by Crippen LogP contribution is 2.33. The number of aliphatic carboxylic acids is 1. The maximum atomic E-state index is 10.8. The van der Waals surface area contributed by atoms with Crippen LogP contribution in [0.2, 0.25) is 0 Å². The normalized spacial score (nSPS) is 18.8. The van der Waals surface area contributed by atoms with E-state index in [4.69, 9.17) is 5.11 Å². The third-order valence-corrected chi connectivity index (χ3v) is 3.36. The number of hydrogen-bond donors (Lipinski definition) is 1. The SMILES string of the molecule is CC(Cn1ccnc1C1CCCC1)C(=O)O. The van der Waals surface area contributed by atoms with E-state index in [0.29, 0.717) is 12.5 Å². The molecule has 1 aromatic heterocycles. The lowest BCUT2D eigenvalue weighted by atomic mass is 10.1. The first kappa shape index (κ1) is 11.2. The molecule has 1 atom stereocenters. The molecule has 1 unspecified atom stereocenters. The smallest absolute Gasteiger partial charge is 0.308 e. The molecule has 88 valence electrons. The van der Waals surface area contributed by atoms with E-state index in [2.05, 4.69) is 4.98 Å². The molecule has 0 saturated heterocycles. The van der Waals surface area contributed by atoms with E-state index in [1.54, 1.807) is 13.1 Å². The van der Waals surface area contributed by atoms with Crippen molar-refractivity contribution in [3.8, 4) is 0 Å². The Morgan fingerprint density at radius 3 is 2.94 bits per heavy atom. The Labute approximate surface area is 95.3 Å². The van der Waals surface area contributed by atoms with Crippen molar-refractivity contribution in [3.05, 3.63) is 18.2 Å². The Morgan fingerprint density at radius 1 is 1.62 bits per heavy atom. The van der Waals surface area contributed by atoms with Gasteiger partial charge in [-0.15, -0.1) is 0 Å². The number of carboxylic acids is 1. The number of hydrogen-bond acceptors (Lipinski definition) is 2. The summed E-state index contributed by atoms with van der Waals surface area (Å²) >= 11 is 0. The number of aromatic nitrogens is 2. The van der Waals surface area contributed by atoms with Gasteiger partial charge in [0, 0.05) is 24.9 Å². The van der Waals surface area contributed by atoms with Crippen molar-refractivity contribution in [1.82, 2.24) is 9.55 Å². The van der Waals surface area contributed by atoms with Gasteiger partial charge in [0.1, 0.15) is 5.82 Å². The molecule has 1 fully saturated rings. The fourth-order valence-corrected chi connectivity index (χ4v) is 2.39. The van der Waals surface area contributed by atoms with E-state index in [-0.39, 0.29) is 5.92 Å². The van der Waals surface area contributed by atoms with E-state index < -0.39 is 5.97 Å². The predicted molar refractivity (Wildman–Crippen MR) is 60.2 cm³/mol. The van der Waals surface area contributed by atoms with Crippen LogP contribution in [-0.4, -0.2) is 20.6 Å². The first-order valence-electron chi connectivity index (χ1n) is 5.92. The van der Waals surface area contributed by atoms with Crippen LogP contribution in [0.4, 0.5) is 0 Å². The van der Waals surface area contributed by atoms with Crippen LogP contribution in [0.5, 0.6) is 0 Å². The van der Waals surface area contributed by atoms with Gasteiger partial charge >= 0.3 is 5.97 Å². The van der Waals surface area contributed by atoms with Gasteiger partial charge in [-0.1, -0.05) is 19.8 Å². The molecule has 1 heterocycles. The zero-order chi connectivity index (χ0) is 11.5. The summed E-state index contributed by atoms with van der Waals surface area (Å²) in [4.78, 5) is 15.2. The molecule has 1 aliphatic carbocycles. The molecule has 16 heavy (non-hydrogen) atoms. The van der Waals surface area contributed by atoms with Crippen LogP contribution >= 0.6 is 0 Å². The molecular weight excluding hydrogens is 204 g/mol. The number of nitrogens with zero attached hydrogens (tertiary/aromatic N) is 2. The first-order valence-corrected chi connectivity index (χ1v) is 5.92. The molecule has 1 aliphatic rings. The summed E-state index contributed by atoms with van der Waals surface area (Å²) in [5.41, 5.74) is 0. The quantitative estimate of drug-likeness (QED) is 0.850. The molecule has 0 aromatic carbocycles. The van der Waals surface area contributed by atoms with Gasteiger partial charge in [0.15, 0.2) is 0 Å². The monoisotopic (exact) mass is 222 g/mol. The van der Waals surface area contributed by atoms with Crippen LogP contribution in [0.1, 0.15) is 44.3 Å². The molecule has 1 saturated carbocycles. The van der Waals surface area contributed by atoms with Gasteiger partial charge in [-0.3, -0.25) is 4.79 Å². The Bertz CT molecular complexity index is 367. The fourth-order valence-electron chi connectivity index (χ4n) is 2.39. The second kappa shape index (κ2) is 4.68. The zero-order valence-electron chi connectivity index (χ0n) is 9.59. The summed E-state index contributed by atoms with van der Waals surface area (Å²) < 4.78 is 2.01. The summed E-state index contributed by atoms with van der Waals surface area (Å²) in [5.74, 6) is 0.516. The average Bonchev–Trinajstić information content (AvgIpc) is 2.85. The Kier molecular flexibility index (Phi) is 3.27. The zero-order valence-corrected chi connectivity index (χ0v) is 9.59. The fraction of sp³-hybridized carbons (Fsp3) is 0.667. The van der Waals surface area contributed by atoms with Crippen LogP contribution in [0.15, 0.2) is 12.4 Å². The van der Waals surface area contributed by atoms with Crippen LogP contribution in [0, 0.1) is 5.92 Å². The van der Waals surface area contributed by atoms with Gasteiger partial charge in [0.25, 0.3) is 0 Å². The Hall–Kier alpha value is -1.32.